The van der Waals surface area contributed by atoms with Gasteiger partial charge in [-0.1, -0.05) is 26.3 Å². The van der Waals surface area contributed by atoms with E-state index >= 15 is 0 Å². The maximum Gasteiger partial charge on any atom is 0.330 e. The quantitative estimate of drug-likeness (QED) is 0.462. The zero-order valence-electron chi connectivity index (χ0n) is 7.68. The van der Waals surface area contributed by atoms with Crippen LogP contribution >= 0.6 is 0 Å². The highest BCUT2D eigenvalue weighted by Crippen LogP contribution is 2.12. The number of allylic oxidation sites excluding steroid dienone is 1. The molecule has 0 aliphatic heterocycles. The second-order valence-corrected chi connectivity index (χ2v) is 2.75. The van der Waals surface area contributed by atoms with Gasteiger partial charge in [0.2, 0.25) is 0 Å². The zero-order chi connectivity index (χ0) is 8.85. The fourth-order valence-corrected chi connectivity index (χ4v) is 0.887. The summed E-state index contributed by atoms with van der Waals surface area (Å²) in [6, 6.07) is 0. The van der Waals surface area contributed by atoms with E-state index in [1.807, 2.05) is 6.92 Å². The Morgan fingerprint density at radius 1 is 1.55 bits per heavy atom. The molecule has 0 radical (unpaired) electrons. The van der Waals surface area contributed by atoms with Crippen LogP contribution in [0.2, 0.25) is 0 Å². The first kappa shape index (κ1) is 10.2. The van der Waals surface area contributed by atoms with Crippen LogP contribution in [-0.2, 0) is 9.53 Å². The molecule has 0 amide bonds. The molecule has 2 heteroatoms. The molecule has 0 aliphatic carbocycles. The highest BCUT2D eigenvalue weighted by molar-refractivity contribution is 5.82. The fourth-order valence-electron chi connectivity index (χ4n) is 0.887. The highest BCUT2D eigenvalue weighted by atomic mass is 16.5. The van der Waals surface area contributed by atoms with Crippen molar-refractivity contribution in [2.45, 2.75) is 27.2 Å². The van der Waals surface area contributed by atoms with Crippen LogP contribution in [-0.4, -0.2) is 13.1 Å². The van der Waals surface area contributed by atoms with Gasteiger partial charge in [0.1, 0.15) is 0 Å². The van der Waals surface area contributed by atoms with Gasteiger partial charge in [-0.3, -0.25) is 0 Å². The summed E-state index contributed by atoms with van der Waals surface area (Å²) in [7, 11) is 1.40. The van der Waals surface area contributed by atoms with E-state index in [0.717, 1.165) is 12.0 Å². The molecule has 0 fully saturated rings. The van der Waals surface area contributed by atoms with Gasteiger partial charge < -0.3 is 4.74 Å². The zero-order valence-corrected chi connectivity index (χ0v) is 7.68. The molecule has 0 aromatic heterocycles. The van der Waals surface area contributed by atoms with Gasteiger partial charge >= 0.3 is 5.97 Å². The Labute approximate surface area is 68.2 Å². The SMILES string of the molecule is CC/C(=C/C(=O)OC)C(C)C. The average Bonchev–Trinajstić information content (AvgIpc) is 1.99. The normalized spacial score (nSPS) is 11.9. The fraction of sp³-hybridized carbons (Fsp3) is 0.667. The van der Waals surface area contributed by atoms with E-state index in [2.05, 4.69) is 18.6 Å². The number of esters is 1. The molecule has 0 saturated carbocycles. The van der Waals surface area contributed by atoms with Crippen molar-refractivity contribution in [3.05, 3.63) is 11.6 Å². The first-order valence-corrected chi connectivity index (χ1v) is 3.90. The Morgan fingerprint density at radius 3 is 2.36 bits per heavy atom. The summed E-state index contributed by atoms with van der Waals surface area (Å²) in [5.74, 6) is 0.176. The van der Waals surface area contributed by atoms with Crippen molar-refractivity contribution in [2.75, 3.05) is 7.11 Å². The molecule has 64 valence electrons. The lowest BCUT2D eigenvalue weighted by Crippen LogP contribution is -2.00. The van der Waals surface area contributed by atoms with Crippen LogP contribution in [0.25, 0.3) is 0 Å². The summed E-state index contributed by atoms with van der Waals surface area (Å²) in [5, 5.41) is 0. The smallest absolute Gasteiger partial charge is 0.330 e. The predicted molar refractivity (Wildman–Crippen MR) is 45.2 cm³/mol. The molecule has 2 nitrogen and oxygen atoms in total. The maximum atomic E-state index is 10.8. The van der Waals surface area contributed by atoms with Gasteiger partial charge in [0.15, 0.2) is 0 Å². The van der Waals surface area contributed by atoms with Gasteiger partial charge in [-0.05, 0) is 12.3 Å². The lowest BCUT2D eigenvalue weighted by molar-refractivity contribution is -0.134. The van der Waals surface area contributed by atoms with Crippen molar-refractivity contribution in [2.24, 2.45) is 5.92 Å². The highest BCUT2D eigenvalue weighted by Gasteiger charge is 2.03. The summed E-state index contributed by atoms with van der Waals surface area (Å²) >= 11 is 0. The number of hydrogen-bond donors (Lipinski definition) is 0. The second kappa shape index (κ2) is 4.94. The summed E-state index contributed by atoms with van der Waals surface area (Å²) in [6.45, 7) is 6.17. The van der Waals surface area contributed by atoms with E-state index < -0.39 is 0 Å². The summed E-state index contributed by atoms with van der Waals surface area (Å²) < 4.78 is 4.52. The van der Waals surface area contributed by atoms with Crippen LogP contribution in [0.1, 0.15) is 27.2 Å². The van der Waals surface area contributed by atoms with Gasteiger partial charge in [-0.2, -0.15) is 0 Å². The van der Waals surface area contributed by atoms with Gasteiger partial charge in [0, 0.05) is 6.08 Å². The van der Waals surface area contributed by atoms with Crippen LogP contribution in [0.3, 0.4) is 0 Å². The van der Waals surface area contributed by atoms with E-state index in [1.165, 1.54) is 7.11 Å². The molecular weight excluding hydrogens is 140 g/mol. The third kappa shape index (κ3) is 3.81. The molecule has 0 atom stereocenters. The standard InChI is InChI=1S/C9H16O2/c1-5-8(7(2)3)6-9(10)11-4/h6-7H,5H2,1-4H3/b8-6-. The molecule has 0 aromatic carbocycles. The van der Waals surface area contributed by atoms with Crippen LogP contribution in [0.15, 0.2) is 11.6 Å². The summed E-state index contributed by atoms with van der Waals surface area (Å²) in [5.41, 5.74) is 1.14. The van der Waals surface area contributed by atoms with E-state index in [4.69, 9.17) is 0 Å². The van der Waals surface area contributed by atoms with Gasteiger partial charge in [0.05, 0.1) is 7.11 Å². The van der Waals surface area contributed by atoms with Gasteiger partial charge in [-0.25, -0.2) is 4.79 Å². The Kier molecular flexibility index (Phi) is 4.59. The third-order valence-corrected chi connectivity index (χ3v) is 1.65. The van der Waals surface area contributed by atoms with Crippen molar-refractivity contribution in [1.29, 1.82) is 0 Å². The number of rotatable bonds is 3. The van der Waals surface area contributed by atoms with Crippen LogP contribution in [0, 0.1) is 5.92 Å². The number of carbonyl (C=O) groups excluding carboxylic acids is 1. The molecular formula is C9H16O2. The summed E-state index contributed by atoms with van der Waals surface area (Å²) in [4.78, 5) is 10.8. The molecule has 0 aromatic rings. The molecule has 0 unspecified atom stereocenters. The second-order valence-electron chi connectivity index (χ2n) is 2.75. The molecule has 0 aliphatic rings. The number of carbonyl (C=O) groups is 1. The Morgan fingerprint density at radius 2 is 2.09 bits per heavy atom. The maximum absolute atomic E-state index is 10.8. The van der Waals surface area contributed by atoms with Crippen molar-refractivity contribution >= 4 is 5.97 Å². The molecule has 0 spiro atoms. The number of ether oxygens (including phenoxy) is 1. The Bertz CT molecular complexity index is 157. The van der Waals surface area contributed by atoms with Crippen molar-refractivity contribution in [3.63, 3.8) is 0 Å². The van der Waals surface area contributed by atoms with Gasteiger partial charge in [0.25, 0.3) is 0 Å². The molecule has 0 heterocycles. The minimum absolute atomic E-state index is 0.254. The Balaban J connectivity index is 4.23. The minimum atomic E-state index is -0.254. The molecule has 0 saturated heterocycles. The molecule has 0 rings (SSSR count). The third-order valence-electron chi connectivity index (χ3n) is 1.65. The topological polar surface area (TPSA) is 26.3 Å². The van der Waals surface area contributed by atoms with Crippen LogP contribution in [0.4, 0.5) is 0 Å². The molecule has 11 heavy (non-hydrogen) atoms. The number of methoxy groups -OCH3 is 1. The number of hydrogen-bond acceptors (Lipinski definition) is 2. The molecule has 0 bridgehead atoms. The summed E-state index contributed by atoms with van der Waals surface area (Å²) in [6.07, 6.45) is 2.48. The predicted octanol–water partition coefficient (Wildman–Crippen LogP) is 2.15. The van der Waals surface area contributed by atoms with Gasteiger partial charge in [-0.15, -0.1) is 0 Å². The van der Waals surface area contributed by atoms with Crippen molar-refractivity contribution in [1.82, 2.24) is 0 Å². The average molecular weight is 156 g/mol. The van der Waals surface area contributed by atoms with E-state index in [9.17, 15) is 4.79 Å². The Hall–Kier alpha value is -0.790. The van der Waals surface area contributed by atoms with Crippen molar-refractivity contribution in [3.8, 4) is 0 Å². The first-order chi connectivity index (χ1) is 5.11. The van der Waals surface area contributed by atoms with E-state index in [-0.39, 0.29) is 5.97 Å². The van der Waals surface area contributed by atoms with Crippen molar-refractivity contribution < 1.29 is 9.53 Å². The van der Waals surface area contributed by atoms with Crippen LogP contribution in [0.5, 0.6) is 0 Å². The van der Waals surface area contributed by atoms with E-state index in [0.29, 0.717) is 5.92 Å². The lowest BCUT2D eigenvalue weighted by Gasteiger charge is -2.06. The monoisotopic (exact) mass is 156 g/mol. The van der Waals surface area contributed by atoms with Crippen LogP contribution < -0.4 is 0 Å². The van der Waals surface area contributed by atoms with E-state index in [1.54, 1.807) is 6.08 Å². The first-order valence-electron chi connectivity index (χ1n) is 3.90. The lowest BCUT2D eigenvalue weighted by atomic mass is 10.0. The largest absolute Gasteiger partial charge is 0.466 e. The molecule has 0 N–H and O–H groups in total. The minimum Gasteiger partial charge on any atom is -0.466 e.